The van der Waals surface area contributed by atoms with Crippen molar-refractivity contribution in [3.63, 3.8) is 0 Å². The highest BCUT2D eigenvalue weighted by atomic mass is 32.1. The summed E-state index contributed by atoms with van der Waals surface area (Å²) in [6.45, 7) is 0. The quantitative estimate of drug-likeness (QED) is 0.502. The Bertz CT molecular complexity index is 172. The maximum Gasteiger partial charge on any atom is 0.124 e. The first kappa shape index (κ1) is 6.42. The molecule has 1 aromatic carbocycles. The average Bonchev–Trinajstić information content (AvgIpc) is 1.59. The average molecular weight is 145 g/mol. The van der Waals surface area contributed by atoms with Crippen LogP contribution in [0.3, 0.4) is 0 Å². The summed E-state index contributed by atoms with van der Waals surface area (Å²) in [5.74, 6) is -1.25. The minimum Gasteiger partial charge on any atom is -0.779 e. The first-order valence-electron chi connectivity index (χ1n) is 2.31. The smallest absolute Gasteiger partial charge is 0.124 e. The van der Waals surface area contributed by atoms with Gasteiger partial charge in [0.15, 0.2) is 0 Å². The summed E-state index contributed by atoms with van der Waals surface area (Å²) in [5, 5.41) is 0. The van der Waals surface area contributed by atoms with E-state index in [1.165, 1.54) is 0 Å². The lowest BCUT2D eigenvalue weighted by Gasteiger charge is -2.02. The Hall–Kier alpha value is -0.700. The molecule has 0 fully saturated rings. The molecule has 0 amide bonds. The molecule has 1 rings (SSSR count). The summed E-state index contributed by atoms with van der Waals surface area (Å²) in [6.07, 6.45) is 0. The molecule has 0 aliphatic heterocycles. The molecule has 0 aromatic heterocycles. The van der Waals surface area contributed by atoms with Gasteiger partial charge in [0, 0.05) is 6.07 Å². The van der Waals surface area contributed by atoms with Gasteiger partial charge >= 0.3 is 0 Å². The van der Waals surface area contributed by atoms with E-state index in [1.54, 1.807) is 0 Å². The Morgan fingerprint density at radius 3 is 1.78 bits per heavy atom. The van der Waals surface area contributed by atoms with Crippen molar-refractivity contribution in [2.75, 3.05) is 0 Å². The molecular weight excluding hydrogens is 142 g/mol. The maximum atomic E-state index is 12.1. The van der Waals surface area contributed by atoms with Gasteiger partial charge < -0.3 is 12.6 Å². The summed E-state index contributed by atoms with van der Waals surface area (Å²) < 4.78 is 24.2. The zero-order valence-corrected chi connectivity index (χ0v) is 5.21. The number of halogens is 2. The van der Waals surface area contributed by atoms with E-state index in [-0.39, 0.29) is 4.90 Å². The molecule has 0 unspecified atom stereocenters. The predicted octanol–water partition coefficient (Wildman–Crippen LogP) is 1.87. The second kappa shape index (κ2) is 2.27. The molecule has 0 bridgehead atoms. The molecule has 0 spiro atoms. The SMILES string of the molecule is Fc1cc(F)cc([S-])c1. The lowest BCUT2D eigenvalue weighted by molar-refractivity contribution is 0.577. The second-order valence-corrected chi connectivity index (χ2v) is 2.08. The molecule has 0 aliphatic rings. The van der Waals surface area contributed by atoms with Gasteiger partial charge in [-0.2, -0.15) is 4.90 Å². The van der Waals surface area contributed by atoms with Crippen LogP contribution in [0.1, 0.15) is 0 Å². The van der Waals surface area contributed by atoms with Crippen LogP contribution in [0.2, 0.25) is 0 Å². The van der Waals surface area contributed by atoms with Crippen molar-refractivity contribution in [1.82, 2.24) is 0 Å². The lowest BCUT2D eigenvalue weighted by Crippen LogP contribution is -1.79. The number of hydrogen-bond acceptors (Lipinski definition) is 1. The molecular formula is C6H3F2S-. The topological polar surface area (TPSA) is 0 Å². The van der Waals surface area contributed by atoms with Gasteiger partial charge in [0.2, 0.25) is 0 Å². The van der Waals surface area contributed by atoms with E-state index in [0.29, 0.717) is 0 Å². The van der Waals surface area contributed by atoms with E-state index in [4.69, 9.17) is 0 Å². The lowest BCUT2D eigenvalue weighted by atomic mass is 10.3. The Kier molecular flexibility index (Phi) is 1.62. The molecule has 0 radical (unpaired) electrons. The highest BCUT2D eigenvalue weighted by molar-refractivity contribution is 7.58. The van der Waals surface area contributed by atoms with Crippen molar-refractivity contribution >= 4 is 12.6 Å². The third kappa shape index (κ3) is 1.61. The molecule has 0 nitrogen and oxygen atoms in total. The van der Waals surface area contributed by atoms with Gasteiger partial charge in [-0.25, -0.2) is 8.78 Å². The van der Waals surface area contributed by atoms with E-state index < -0.39 is 11.6 Å². The third-order valence-corrected chi connectivity index (χ3v) is 1.07. The van der Waals surface area contributed by atoms with Crippen LogP contribution in [0, 0.1) is 11.6 Å². The van der Waals surface area contributed by atoms with Gasteiger partial charge in [-0.1, -0.05) is 0 Å². The maximum absolute atomic E-state index is 12.1. The largest absolute Gasteiger partial charge is 0.779 e. The van der Waals surface area contributed by atoms with Crippen molar-refractivity contribution in [3.05, 3.63) is 29.8 Å². The summed E-state index contributed by atoms with van der Waals surface area (Å²) in [6, 6.07) is 2.98. The van der Waals surface area contributed by atoms with Crippen LogP contribution < -0.4 is 0 Å². The molecule has 0 atom stereocenters. The van der Waals surface area contributed by atoms with Gasteiger partial charge in [0.05, 0.1) is 0 Å². The Balaban J connectivity index is 3.17. The molecule has 1 aromatic rings. The third-order valence-electron chi connectivity index (χ3n) is 0.836. The first-order valence-corrected chi connectivity index (χ1v) is 2.72. The zero-order chi connectivity index (χ0) is 6.85. The van der Waals surface area contributed by atoms with Crippen molar-refractivity contribution in [2.45, 2.75) is 4.90 Å². The van der Waals surface area contributed by atoms with Gasteiger partial charge in [0.25, 0.3) is 0 Å². The van der Waals surface area contributed by atoms with Crippen LogP contribution in [0.5, 0.6) is 0 Å². The van der Waals surface area contributed by atoms with E-state index in [9.17, 15) is 8.78 Å². The van der Waals surface area contributed by atoms with Crippen LogP contribution in [0.25, 0.3) is 0 Å². The molecule has 48 valence electrons. The highest BCUT2D eigenvalue weighted by Gasteiger charge is 1.90. The number of rotatable bonds is 0. The first-order chi connectivity index (χ1) is 4.18. The van der Waals surface area contributed by atoms with Crippen LogP contribution in [0.15, 0.2) is 23.1 Å². The van der Waals surface area contributed by atoms with Crippen LogP contribution in [0.4, 0.5) is 8.78 Å². The van der Waals surface area contributed by atoms with E-state index in [1.807, 2.05) is 0 Å². The summed E-state index contributed by atoms with van der Waals surface area (Å²) in [5.41, 5.74) is 0. The van der Waals surface area contributed by atoms with Crippen molar-refractivity contribution in [2.24, 2.45) is 0 Å². The molecule has 0 heterocycles. The minimum absolute atomic E-state index is 0.188. The minimum atomic E-state index is -0.625. The molecule has 3 heteroatoms. The molecule has 0 N–H and O–H groups in total. The van der Waals surface area contributed by atoms with Crippen LogP contribution >= 0.6 is 0 Å². The molecule has 9 heavy (non-hydrogen) atoms. The molecule has 0 aliphatic carbocycles. The summed E-state index contributed by atoms with van der Waals surface area (Å²) in [7, 11) is 0. The van der Waals surface area contributed by atoms with Crippen molar-refractivity contribution < 1.29 is 8.78 Å². The Labute approximate surface area is 56.9 Å². The fourth-order valence-corrected chi connectivity index (χ4v) is 0.754. The fourth-order valence-electron chi connectivity index (χ4n) is 0.529. The second-order valence-electron chi connectivity index (χ2n) is 1.61. The Morgan fingerprint density at radius 2 is 1.44 bits per heavy atom. The highest BCUT2D eigenvalue weighted by Crippen LogP contribution is 2.05. The van der Waals surface area contributed by atoms with Crippen molar-refractivity contribution in [3.8, 4) is 0 Å². The van der Waals surface area contributed by atoms with Gasteiger partial charge in [0.1, 0.15) is 11.6 Å². The Morgan fingerprint density at radius 1 is 1.00 bits per heavy atom. The van der Waals surface area contributed by atoms with E-state index >= 15 is 0 Å². The summed E-state index contributed by atoms with van der Waals surface area (Å²) >= 11 is 4.51. The summed E-state index contributed by atoms with van der Waals surface area (Å²) in [4.78, 5) is 0.188. The van der Waals surface area contributed by atoms with Gasteiger partial charge in [-0.15, -0.1) is 0 Å². The van der Waals surface area contributed by atoms with Gasteiger partial charge in [-0.05, 0) is 12.1 Å². The van der Waals surface area contributed by atoms with E-state index in [0.717, 1.165) is 18.2 Å². The number of benzene rings is 1. The molecule has 0 saturated carbocycles. The van der Waals surface area contributed by atoms with E-state index in [2.05, 4.69) is 12.6 Å². The molecule has 0 saturated heterocycles. The monoisotopic (exact) mass is 145 g/mol. The standard InChI is InChI=1S/C6H4F2S/c7-4-1-5(8)3-6(9)2-4/h1-3,9H/p-1. The normalized spacial score (nSPS) is 9.56. The van der Waals surface area contributed by atoms with Gasteiger partial charge in [-0.3, -0.25) is 0 Å². The van der Waals surface area contributed by atoms with Crippen LogP contribution in [-0.2, 0) is 12.6 Å². The van der Waals surface area contributed by atoms with Crippen molar-refractivity contribution in [1.29, 1.82) is 0 Å². The predicted molar refractivity (Wildman–Crippen MR) is 32.0 cm³/mol. The number of hydrogen-bond donors (Lipinski definition) is 0. The van der Waals surface area contributed by atoms with Crippen LogP contribution in [-0.4, -0.2) is 0 Å². The zero-order valence-electron chi connectivity index (χ0n) is 4.40. The fraction of sp³-hybridized carbons (Fsp3) is 0.